The second-order valence-electron chi connectivity index (χ2n) is 6.38. The highest BCUT2D eigenvalue weighted by Gasteiger charge is 2.21. The second-order valence-corrected chi connectivity index (χ2v) is 6.38. The minimum Gasteiger partial charge on any atom is -0.379 e. The van der Waals surface area contributed by atoms with Crippen LogP contribution in [0.4, 0.5) is 10.5 Å². The van der Waals surface area contributed by atoms with E-state index in [4.69, 9.17) is 4.74 Å². The van der Waals surface area contributed by atoms with Gasteiger partial charge in [0.2, 0.25) is 5.91 Å². The van der Waals surface area contributed by atoms with E-state index in [1.165, 1.54) is 0 Å². The SMILES string of the molecule is O=C(NCCN1CCOCC1)NCc1cccc(N2CCCC2=O)c1. The van der Waals surface area contributed by atoms with Gasteiger partial charge in [-0.15, -0.1) is 0 Å². The Kier molecular flexibility index (Phi) is 6.25. The highest BCUT2D eigenvalue weighted by Crippen LogP contribution is 2.22. The maximum absolute atomic E-state index is 11.9. The Hall–Kier alpha value is -2.12. The number of carbonyl (C=O) groups is 2. The van der Waals surface area contributed by atoms with Gasteiger partial charge < -0.3 is 20.3 Å². The van der Waals surface area contributed by atoms with E-state index < -0.39 is 0 Å². The quantitative estimate of drug-likeness (QED) is 0.804. The topological polar surface area (TPSA) is 73.9 Å². The molecule has 2 fully saturated rings. The number of ether oxygens (including phenoxy) is 1. The third-order valence-electron chi connectivity index (χ3n) is 4.57. The molecule has 0 atom stereocenters. The molecule has 2 heterocycles. The first kappa shape index (κ1) is 17.7. The molecule has 7 nitrogen and oxygen atoms in total. The summed E-state index contributed by atoms with van der Waals surface area (Å²) >= 11 is 0. The van der Waals surface area contributed by atoms with E-state index in [-0.39, 0.29) is 11.9 Å². The van der Waals surface area contributed by atoms with Gasteiger partial charge in [-0.3, -0.25) is 9.69 Å². The molecular weight excluding hydrogens is 320 g/mol. The van der Waals surface area contributed by atoms with Crippen LogP contribution >= 0.6 is 0 Å². The minimum absolute atomic E-state index is 0.170. The van der Waals surface area contributed by atoms with Crippen molar-refractivity contribution in [1.29, 1.82) is 0 Å². The van der Waals surface area contributed by atoms with Crippen molar-refractivity contribution >= 4 is 17.6 Å². The molecule has 0 aliphatic carbocycles. The Balaban J connectivity index is 1.40. The molecular formula is C18H26N4O3. The zero-order valence-corrected chi connectivity index (χ0v) is 14.5. The molecule has 25 heavy (non-hydrogen) atoms. The highest BCUT2D eigenvalue weighted by atomic mass is 16.5. The maximum Gasteiger partial charge on any atom is 0.315 e. The average Bonchev–Trinajstić information content (AvgIpc) is 3.07. The van der Waals surface area contributed by atoms with Crippen LogP contribution < -0.4 is 15.5 Å². The van der Waals surface area contributed by atoms with Gasteiger partial charge in [0.15, 0.2) is 0 Å². The van der Waals surface area contributed by atoms with Gasteiger partial charge in [-0.1, -0.05) is 12.1 Å². The van der Waals surface area contributed by atoms with Crippen molar-refractivity contribution in [3.8, 4) is 0 Å². The first-order valence-corrected chi connectivity index (χ1v) is 8.93. The van der Waals surface area contributed by atoms with E-state index in [1.807, 2.05) is 29.2 Å². The van der Waals surface area contributed by atoms with Crippen molar-refractivity contribution in [3.05, 3.63) is 29.8 Å². The Morgan fingerprint density at radius 1 is 1.16 bits per heavy atom. The number of benzene rings is 1. The van der Waals surface area contributed by atoms with Crippen molar-refractivity contribution in [1.82, 2.24) is 15.5 Å². The van der Waals surface area contributed by atoms with Crippen LogP contribution in [0.3, 0.4) is 0 Å². The van der Waals surface area contributed by atoms with Crippen LogP contribution in [0.2, 0.25) is 0 Å². The number of rotatable bonds is 6. The number of hydrogen-bond acceptors (Lipinski definition) is 4. The molecule has 0 bridgehead atoms. The lowest BCUT2D eigenvalue weighted by atomic mass is 10.2. The van der Waals surface area contributed by atoms with Crippen molar-refractivity contribution < 1.29 is 14.3 Å². The van der Waals surface area contributed by atoms with Gasteiger partial charge in [0, 0.05) is 51.4 Å². The molecule has 3 rings (SSSR count). The van der Waals surface area contributed by atoms with E-state index in [0.717, 1.165) is 57.1 Å². The van der Waals surface area contributed by atoms with Crippen LogP contribution in [0.15, 0.2) is 24.3 Å². The lowest BCUT2D eigenvalue weighted by molar-refractivity contribution is -0.117. The van der Waals surface area contributed by atoms with Crippen molar-refractivity contribution in [3.63, 3.8) is 0 Å². The summed E-state index contributed by atoms with van der Waals surface area (Å²) in [7, 11) is 0. The van der Waals surface area contributed by atoms with Gasteiger partial charge in [0.25, 0.3) is 0 Å². The summed E-state index contributed by atoms with van der Waals surface area (Å²) < 4.78 is 5.30. The van der Waals surface area contributed by atoms with Crippen molar-refractivity contribution in [2.24, 2.45) is 0 Å². The smallest absolute Gasteiger partial charge is 0.315 e. The fraction of sp³-hybridized carbons (Fsp3) is 0.556. The van der Waals surface area contributed by atoms with Crippen LogP contribution in [-0.2, 0) is 16.1 Å². The predicted molar refractivity (Wildman–Crippen MR) is 95.5 cm³/mol. The normalized spacial score (nSPS) is 18.4. The number of anilines is 1. The summed E-state index contributed by atoms with van der Waals surface area (Å²) in [4.78, 5) is 27.8. The third-order valence-corrected chi connectivity index (χ3v) is 4.57. The second kappa shape index (κ2) is 8.82. The number of amides is 3. The van der Waals surface area contributed by atoms with Crippen LogP contribution in [0.5, 0.6) is 0 Å². The first-order chi connectivity index (χ1) is 12.2. The largest absolute Gasteiger partial charge is 0.379 e. The molecule has 0 saturated carbocycles. The van der Waals surface area contributed by atoms with Crippen molar-refractivity contribution in [2.45, 2.75) is 19.4 Å². The number of hydrogen-bond donors (Lipinski definition) is 2. The molecule has 2 aliphatic heterocycles. The summed E-state index contributed by atoms with van der Waals surface area (Å²) in [5, 5.41) is 5.75. The van der Waals surface area contributed by atoms with Gasteiger partial charge in [-0.05, 0) is 24.1 Å². The molecule has 2 aliphatic rings. The molecule has 1 aromatic rings. The number of nitrogens with one attached hydrogen (secondary N) is 2. The number of morpholine rings is 1. The zero-order valence-electron chi connectivity index (χ0n) is 14.5. The predicted octanol–water partition coefficient (Wildman–Crippen LogP) is 0.945. The summed E-state index contributed by atoms with van der Waals surface area (Å²) in [5.74, 6) is 0.172. The number of nitrogens with zero attached hydrogens (tertiary/aromatic N) is 2. The molecule has 7 heteroatoms. The van der Waals surface area contributed by atoms with Gasteiger partial charge in [-0.2, -0.15) is 0 Å². The molecule has 0 spiro atoms. The Morgan fingerprint density at radius 2 is 2.00 bits per heavy atom. The molecule has 2 saturated heterocycles. The highest BCUT2D eigenvalue weighted by molar-refractivity contribution is 5.95. The van der Waals surface area contributed by atoms with Gasteiger partial charge in [0.05, 0.1) is 13.2 Å². The zero-order chi connectivity index (χ0) is 17.5. The van der Waals surface area contributed by atoms with E-state index in [1.54, 1.807) is 0 Å². The van der Waals surface area contributed by atoms with Crippen LogP contribution in [0.1, 0.15) is 18.4 Å². The average molecular weight is 346 g/mol. The third kappa shape index (κ3) is 5.17. The maximum atomic E-state index is 11.9. The lowest BCUT2D eigenvalue weighted by Crippen LogP contribution is -2.43. The van der Waals surface area contributed by atoms with E-state index in [2.05, 4.69) is 15.5 Å². The number of carbonyl (C=O) groups excluding carboxylic acids is 2. The molecule has 0 unspecified atom stereocenters. The molecule has 2 N–H and O–H groups in total. The van der Waals surface area contributed by atoms with Gasteiger partial charge >= 0.3 is 6.03 Å². The van der Waals surface area contributed by atoms with Crippen LogP contribution in [0.25, 0.3) is 0 Å². The molecule has 0 aromatic heterocycles. The fourth-order valence-electron chi connectivity index (χ4n) is 3.15. The molecule has 3 amide bonds. The summed E-state index contributed by atoms with van der Waals surface area (Å²) in [6, 6.07) is 7.62. The Morgan fingerprint density at radius 3 is 2.76 bits per heavy atom. The standard InChI is InChI=1S/C18H26N4O3/c23-17-5-2-7-22(17)16-4-1-3-15(13-16)14-20-18(24)19-6-8-21-9-11-25-12-10-21/h1,3-4,13H,2,5-12,14H2,(H2,19,20,24). The molecule has 1 aromatic carbocycles. The Bertz CT molecular complexity index is 602. The van der Waals surface area contributed by atoms with Gasteiger partial charge in [-0.25, -0.2) is 4.79 Å². The van der Waals surface area contributed by atoms with E-state index in [0.29, 0.717) is 19.5 Å². The molecule has 136 valence electrons. The fourth-order valence-corrected chi connectivity index (χ4v) is 3.15. The summed E-state index contributed by atoms with van der Waals surface area (Å²) in [6.07, 6.45) is 1.53. The monoisotopic (exact) mass is 346 g/mol. The summed E-state index contributed by atoms with van der Waals surface area (Å²) in [6.45, 7) is 6.05. The van der Waals surface area contributed by atoms with Gasteiger partial charge in [0.1, 0.15) is 0 Å². The minimum atomic E-state index is -0.170. The van der Waals surface area contributed by atoms with E-state index in [9.17, 15) is 9.59 Å². The summed E-state index contributed by atoms with van der Waals surface area (Å²) in [5.41, 5.74) is 1.90. The van der Waals surface area contributed by atoms with Crippen molar-refractivity contribution in [2.75, 3.05) is 50.8 Å². The lowest BCUT2D eigenvalue weighted by Gasteiger charge is -2.26. The number of urea groups is 1. The molecule has 0 radical (unpaired) electrons. The Labute approximate surface area is 148 Å². The van der Waals surface area contributed by atoms with Crippen LogP contribution in [0, 0.1) is 0 Å². The van der Waals surface area contributed by atoms with Crippen LogP contribution in [-0.4, -0.2) is 62.8 Å². The first-order valence-electron chi connectivity index (χ1n) is 8.93. The van der Waals surface area contributed by atoms with E-state index >= 15 is 0 Å².